The van der Waals surface area contributed by atoms with Crippen LogP contribution in [0.3, 0.4) is 0 Å². The van der Waals surface area contributed by atoms with Gasteiger partial charge in [0.2, 0.25) is 0 Å². The zero-order valence-electron chi connectivity index (χ0n) is 8.53. The van der Waals surface area contributed by atoms with Crippen LogP contribution >= 0.6 is 0 Å². The molecule has 5 heteroatoms. The second kappa shape index (κ2) is 6.97. The van der Waals surface area contributed by atoms with Crippen LogP contribution in [0.1, 0.15) is 32.1 Å². The molecule has 0 saturated heterocycles. The van der Waals surface area contributed by atoms with Gasteiger partial charge in [0, 0.05) is 0 Å². The van der Waals surface area contributed by atoms with E-state index in [1.807, 2.05) is 0 Å². The molecule has 0 radical (unpaired) electrons. The van der Waals surface area contributed by atoms with Gasteiger partial charge in [-0.15, -0.1) is 0 Å². The molecule has 15 heavy (non-hydrogen) atoms. The maximum absolute atomic E-state index is 10.7. The van der Waals surface area contributed by atoms with E-state index in [9.17, 15) is 19.8 Å². The number of carboxylic acid groups (broad SMARTS) is 2. The van der Waals surface area contributed by atoms with Crippen molar-refractivity contribution in [3.05, 3.63) is 11.6 Å². The molecule has 0 unspecified atom stereocenters. The molecular formula is C10H12CdO4. The molecule has 0 bridgehead atoms. The number of aliphatic carboxylic acids is 2. The zero-order chi connectivity index (χ0) is 10.6. The Morgan fingerprint density at radius 3 is 2.00 bits per heavy atom. The minimum absolute atomic E-state index is 0. The van der Waals surface area contributed by atoms with Crippen molar-refractivity contribution >= 4 is 11.9 Å². The van der Waals surface area contributed by atoms with E-state index in [-0.39, 0.29) is 38.8 Å². The number of rotatable bonds is 3. The summed E-state index contributed by atoms with van der Waals surface area (Å²) in [5.41, 5.74) is -0.121. The third-order valence-electron chi connectivity index (χ3n) is 2.55. The Morgan fingerprint density at radius 2 is 1.60 bits per heavy atom. The summed E-state index contributed by atoms with van der Waals surface area (Å²) >= 11 is 0. The first kappa shape index (κ1) is 14.6. The number of hydrogen-bond donors (Lipinski definition) is 0. The second-order valence-electron chi connectivity index (χ2n) is 3.54. The molecule has 0 aromatic rings. The molecule has 1 aliphatic rings. The molecule has 1 saturated carbocycles. The summed E-state index contributed by atoms with van der Waals surface area (Å²) in [6.45, 7) is 0. The van der Waals surface area contributed by atoms with Gasteiger partial charge in [0.05, 0.1) is 11.9 Å². The molecule has 4 nitrogen and oxygen atoms in total. The SMILES string of the molecule is O=C([O-])C=C(C(=O)[O-])C1CCCCC1.[Cd+2]. The molecule has 0 heterocycles. The van der Waals surface area contributed by atoms with Gasteiger partial charge in [0.15, 0.2) is 0 Å². The Morgan fingerprint density at radius 1 is 1.07 bits per heavy atom. The molecule has 0 aliphatic heterocycles. The van der Waals surface area contributed by atoms with Gasteiger partial charge < -0.3 is 19.8 Å². The van der Waals surface area contributed by atoms with E-state index in [2.05, 4.69) is 0 Å². The third-order valence-corrected chi connectivity index (χ3v) is 2.55. The smallest absolute Gasteiger partial charge is 0.545 e. The standard InChI is InChI=1S/C10H14O4.Cd/c11-9(12)6-8(10(13)14)7-4-2-1-3-5-7;/h6-7H,1-5H2,(H,11,12)(H,13,14);/q;+2/p-2. The fourth-order valence-corrected chi connectivity index (χ4v) is 1.88. The van der Waals surface area contributed by atoms with Crippen molar-refractivity contribution in [2.75, 3.05) is 0 Å². The van der Waals surface area contributed by atoms with E-state index in [1.165, 1.54) is 0 Å². The molecule has 0 spiro atoms. The van der Waals surface area contributed by atoms with Crippen molar-refractivity contribution in [1.82, 2.24) is 0 Å². The summed E-state index contributed by atoms with van der Waals surface area (Å²) < 4.78 is 0. The summed E-state index contributed by atoms with van der Waals surface area (Å²) in [6, 6.07) is 0. The summed E-state index contributed by atoms with van der Waals surface area (Å²) in [5, 5.41) is 20.9. The molecule has 1 aliphatic carbocycles. The van der Waals surface area contributed by atoms with Crippen molar-refractivity contribution in [3.8, 4) is 0 Å². The fraction of sp³-hybridized carbons (Fsp3) is 0.600. The van der Waals surface area contributed by atoms with Crippen molar-refractivity contribution in [2.45, 2.75) is 32.1 Å². The molecule has 0 N–H and O–H groups in total. The van der Waals surface area contributed by atoms with Gasteiger partial charge in [-0.05, 0) is 30.4 Å². The van der Waals surface area contributed by atoms with Gasteiger partial charge in [-0.2, -0.15) is 0 Å². The number of carbonyl (C=O) groups excluding carboxylic acids is 2. The van der Waals surface area contributed by atoms with E-state index in [4.69, 9.17) is 0 Å². The quantitative estimate of drug-likeness (QED) is 0.494. The Bertz CT molecular complexity index is 267. The maximum Gasteiger partial charge on any atom is 2.00 e. The van der Waals surface area contributed by atoms with Crippen LogP contribution in [0.2, 0.25) is 0 Å². The van der Waals surface area contributed by atoms with E-state index in [0.717, 1.165) is 32.1 Å². The van der Waals surface area contributed by atoms with E-state index in [0.29, 0.717) is 6.08 Å². The predicted molar refractivity (Wildman–Crippen MR) is 44.7 cm³/mol. The first-order valence-electron chi connectivity index (χ1n) is 4.75. The van der Waals surface area contributed by atoms with Crippen LogP contribution < -0.4 is 10.2 Å². The largest absolute Gasteiger partial charge is 2.00 e. The molecule has 0 amide bonds. The molecular weight excluding hydrogens is 297 g/mol. The first-order chi connectivity index (χ1) is 6.61. The van der Waals surface area contributed by atoms with Gasteiger partial charge in [0.1, 0.15) is 0 Å². The average molecular weight is 309 g/mol. The number of hydrogen-bond acceptors (Lipinski definition) is 4. The predicted octanol–water partition coefficient (Wildman–Crippen LogP) is -1.01. The van der Waals surface area contributed by atoms with E-state index >= 15 is 0 Å². The average Bonchev–Trinajstić information content (AvgIpc) is 2.15. The first-order valence-corrected chi connectivity index (χ1v) is 4.75. The van der Waals surface area contributed by atoms with Crippen LogP contribution in [0.25, 0.3) is 0 Å². The number of carbonyl (C=O) groups is 2. The molecule has 0 aromatic heterocycles. The van der Waals surface area contributed by atoms with Crippen LogP contribution in [0.15, 0.2) is 11.6 Å². The van der Waals surface area contributed by atoms with Crippen LogP contribution in [-0.2, 0) is 36.9 Å². The molecule has 78 valence electrons. The Labute approximate surface area is 109 Å². The van der Waals surface area contributed by atoms with Crippen molar-refractivity contribution in [3.63, 3.8) is 0 Å². The maximum atomic E-state index is 10.7. The Kier molecular flexibility index (Phi) is 6.79. The monoisotopic (exact) mass is 310 g/mol. The van der Waals surface area contributed by atoms with Crippen molar-refractivity contribution in [2.24, 2.45) is 5.92 Å². The van der Waals surface area contributed by atoms with E-state index in [1.54, 1.807) is 0 Å². The summed E-state index contributed by atoms with van der Waals surface area (Å²) in [7, 11) is 0. The Hall–Kier alpha value is -0.398. The molecule has 0 aromatic carbocycles. The summed E-state index contributed by atoms with van der Waals surface area (Å²) in [5.74, 6) is -3.03. The fourth-order valence-electron chi connectivity index (χ4n) is 1.88. The summed E-state index contributed by atoms with van der Waals surface area (Å²) in [6.07, 6.45) is 5.10. The van der Waals surface area contributed by atoms with Crippen LogP contribution in [-0.4, -0.2) is 11.9 Å². The van der Waals surface area contributed by atoms with Crippen LogP contribution in [0.4, 0.5) is 0 Å². The molecule has 0 atom stereocenters. The third kappa shape index (κ3) is 4.77. The van der Waals surface area contributed by atoms with Crippen molar-refractivity contribution in [1.29, 1.82) is 0 Å². The van der Waals surface area contributed by atoms with Gasteiger partial charge in [-0.25, -0.2) is 0 Å². The van der Waals surface area contributed by atoms with Gasteiger partial charge >= 0.3 is 27.3 Å². The van der Waals surface area contributed by atoms with Crippen LogP contribution in [0.5, 0.6) is 0 Å². The zero-order valence-corrected chi connectivity index (χ0v) is 12.6. The second-order valence-corrected chi connectivity index (χ2v) is 3.54. The van der Waals surface area contributed by atoms with Gasteiger partial charge in [0.25, 0.3) is 0 Å². The molecule has 1 fully saturated rings. The van der Waals surface area contributed by atoms with Gasteiger partial charge in [-0.3, -0.25) is 0 Å². The van der Waals surface area contributed by atoms with Crippen LogP contribution in [0, 0.1) is 5.92 Å². The number of carboxylic acids is 2. The Balaban J connectivity index is 0.00000196. The summed E-state index contributed by atoms with van der Waals surface area (Å²) in [4.78, 5) is 20.9. The normalized spacial score (nSPS) is 18.0. The topological polar surface area (TPSA) is 80.3 Å². The van der Waals surface area contributed by atoms with Gasteiger partial charge in [-0.1, -0.05) is 19.3 Å². The van der Waals surface area contributed by atoms with E-state index < -0.39 is 11.9 Å². The van der Waals surface area contributed by atoms with Crippen molar-refractivity contribution < 1.29 is 47.1 Å². The minimum atomic E-state index is -1.46. The molecule has 1 rings (SSSR count). The minimum Gasteiger partial charge on any atom is -0.545 e.